The van der Waals surface area contributed by atoms with Gasteiger partial charge in [-0.2, -0.15) is 0 Å². The standard InChI is InChI=1S/C17H15N3O2/c18-16-14(10-1-5-12(21)6-2-10)9-15(17(19)20-16)11-3-7-13(22)8-4-11/h1-9,21-22H,(H4,18,19,20). The highest BCUT2D eigenvalue weighted by Crippen LogP contribution is 2.34. The third-order valence-electron chi connectivity index (χ3n) is 3.44. The largest absolute Gasteiger partial charge is 0.508 e. The van der Waals surface area contributed by atoms with E-state index < -0.39 is 0 Å². The van der Waals surface area contributed by atoms with Crippen molar-refractivity contribution in [1.29, 1.82) is 0 Å². The molecular formula is C17H15N3O2. The summed E-state index contributed by atoms with van der Waals surface area (Å²) in [6.07, 6.45) is 0. The van der Waals surface area contributed by atoms with Gasteiger partial charge in [0.15, 0.2) is 0 Å². The zero-order valence-electron chi connectivity index (χ0n) is 11.7. The van der Waals surface area contributed by atoms with Gasteiger partial charge in [0.2, 0.25) is 0 Å². The van der Waals surface area contributed by atoms with E-state index in [1.54, 1.807) is 48.5 Å². The van der Waals surface area contributed by atoms with E-state index in [4.69, 9.17) is 11.5 Å². The van der Waals surface area contributed by atoms with Gasteiger partial charge in [0, 0.05) is 11.1 Å². The van der Waals surface area contributed by atoms with E-state index in [1.807, 2.05) is 6.07 Å². The minimum atomic E-state index is 0.185. The van der Waals surface area contributed by atoms with Crippen LogP contribution in [0.15, 0.2) is 54.6 Å². The Kier molecular flexibility index (Phi) is 3.31. The molecule has 3 aromatic rings. The Balaban J connectivity index is 2.14. The summed E-state index contributed by atoms with van der Waals surface area (Å²) in [6, 6.07) is 15.3. The number of hydrogen-bond donors (Lipinski definition) is 4. The number of phenols is 2. The zero-order chi connectivity index (χ0) is 15.7. The van der Waals surface area contributed by atoms with Crippen molar-refractivity contribution in [3.8, 4) is 33.8 Å². The van der Waals surface area contributed by atoms with Crippen LogP contribution in [0.1, 0.15) is 0 Å². The van der Waals surface area contributed by atoms with Gasteiger partial charge in [-0.1, -0.05) is 24.3 Å². The summed E-state index contributed by atoms with van der Waals surface area (Å²) in [5.74, 6) is 1.02. The third-order valence-corrected chi connectivity index (χ3v) is 3.44. The van der Waals surface area contributed by atoms with E-state index >= 15 is 0 Å². The van der Waals surface area contributed by atoms with Crippen LogP contribution < -0.4 is 11.5 Å². The molecule has 0 saturated heterocycles. The molecule has 0 atom stereocenters. The maximum absolute atomic E-state index is 9.39. The third kappa shape index (κ3) is 2.52. The number of phenolic OH excluding ortho intramolecular Hbond substituents is 2. The Hall–Kier alpha value is -3.21. The van der Waals surface area contributed by atoms with Gasteiger partial charge in [-0.05, 0) is 41.5 Å². The molecule has 0 bridgehead atoms. The molecule has 0 spiro atoms. The summed E-state index contributed by atoms with van der Waals surface area (Å²) < 4.78 is 0. The molecule has 5 heteroatoms. The fourth-order valence-electron chi connectivity index (χ4n) is 2.29. The summed E-state index contributed by atoms with van der Waals surface area (Å²) in [7, 11) is 0. The molecule has 110 valence electrons. The molecule has 1 heterocycles. The molecule has 0 aliphatic heterocycles. The van der Waals surface area contributed by atoms with Gasteiger partial charge in [-0.3, -0.25) is 0 Å². The maximum Gasteiger partial charge on any atom is 0.133 e. The molecule has 0 saturated carbocycles. The SMILES string of the molecule is Nc1nc(N)c(-c2ccc(O)cc2)cc1-c1ccc(O)cc1. The number of nitrogens with two attached hydrogens (primary N) is 2. The second-order valence-corrected chi connectivity index (χ2v) is 4.95. The molecule has 0 aliphatic rings. The van der Waals surface area contributed by atoms with E-state index in [0.29, 0.717) is 11.6 Å². The van der Waals surface area contributed by atoms with E-state index in [-0.39, 0.29) is 11.5 Å². The first-order chi connectivity index (χ1) is 10.5. The number of aromatic hydroxyl groups is 2. The average molecular weight is 293 g/mol. The van der Waals surface area contributed by atoms with E-state index in [9.17, 15) is 10.2 Å². The van der Waals surface area contributed by atoms with Crippen LogP contribution >= 0.6 is 0 Å². The van der Waals surface area contributed by atoms with Crippen LogP contribution in [0.25, 0.3) is 22.3 Å². The minimum Gasteiger partial charge on any atom is -0.508 e. The first-order valence-electron chi connectivity index (χ1n) is 6.69. The summed E-state index contributed by atoms with van der Waals surface area (Å²) in [5, 5.41) is 18.8. The van der Waals surface area contributed by atoms with Crippen LogP contribution in [0.5, 0.6) is 11.5 Å². The van der Waals surface area contributed by atoms with Crippen LogP contribution in [0.4, 0.5) is 11.6 Å². The van der Waals surface area contributed by atoms with Crippen molar-refractivity contribution in [1.82, 2.24) is 4.98 Å². The smallest absolute Gasteiger partial charge is 0.133 e. The molecule has 3 rings (SSSR count). The average Bonchev–Trinajstić information content (AvgIpc) is 2.50. The van der Waals surface area contributed by atoms with Gasteiger partial charge in [-0.25, -0.2) is 4.98 Å². The lowest BCUT2D eigenvalue weighted by Crippen LogP contribution is -2.01. The molecule has 0 fully saturated rings. The Morgan fingerprint density at radius 2 is 1.00 bits per heavy atom. The number of benzene rings is 2. The lowest BCUT2D eigenvalue weighted by molar-refractivity contribution is 0.475. The Morgan fingerprint density at radius 1 is 0.636 bits per heavy atom. The molecule has 5 nitrogen and oxygen atoms in total. The number of rotatable bonds is 2. The topological polar surface area (TPSA) is 105 Å². The van der Waals surface area contributed by atoms with Crippen LogP contribution in [-0.2, 0) is 0 Å². The predicted molar refractivity (Wildman–Crippen MR) is 87.3 cm³/mol. The number of nitrogens with zero attached hydrogens (tertiary/aromatic N) is 1. The van der Waals surface area contributed by atoms with Crippen LogP contribution in [-0.4, -0.2) is 15.2 Å². The Labute approximate surface area is 127 Å². The molecule has 6 N–H and O–H groups in total. The fourth-order valence-corrected chi connectivity index (χ4v) is 2.29. The maximum atomic E-state index is 9.39. The summed E-state index contributed by atoms with van der Waals surface area (Å²) in [6.45, 7) is 0. The van der Waals surface area contributed by atoms with Crippen molar-refractivity contribution in [3.63, 3.8) is 0 Å². The molecule has 0 amide bonds. The molecule has 0 radical (unpaired) electrons. The molecule has 2 aromatic carbocycles. The zero-order valence-corrected chi connectivity index (χ0v) is 11.7. The Bertz CT molecular complexity index is 746. The first kappa shape index (κ1) is 13.8. The Morgan fingerprint density at radius 3 is 1.36 bits per heavy atom. The van der Waals surface area contributed by atoms with Crippen LogP contribution in [0, 0.1) is 0 Å². The molecular weight excluding hydrogens is 278 g/mol. The molecule has 22 heavy (non-hydrogen) atoms. The number of hydrogen-bond acceptors (Lipinski definition) is 5. The lowest BCUT2D eigenvalue weighted by atomic mass is 10.00. The van der Waals surface area contributed by atoms with Gasteiger partial charge in [0.1, 0.15) is 23.1 Å². The van der Waals surface area contributed by atoms with Crippen LogP contribution in [0.3, 0.4) is 0 Å². The van der Waals surface area contributed by atoms with E-state index in [0.717, 1.165) is 22.3 Å². The number of aromatic nitrogens is 1. The normalized spacial score (nSPS) is 10.5. The minimum absolute atomic E-state index is 0.185. The fraction of sp³-hybridized carbons (Fsp3) is 0. The first-order valence-corrected chi connectivity index (χ1v) is 6.69. The van der Waals surface area contributed by atoms with Gasteiger partial charge < -0.3 is 21.7 Å². The number of anilines is 2. The van der Waals surface area contributed by atoms with Crippen LogP contribution in [0.2, 0.25) is 0 Å². The van der Waals surface area contributed by atoms with Crippen molar-refractivity contribution in [2.24, 2.45) is 0 Å². The lowest BCUT2D eigenvalue weighted by Gasteiger charge is -2.11. The predicted octanol–water partition coefficient (Wildman–Crippen LogP) is 2.99. The number of nitrogen functional groups attached to an aromatic ring is 2. The highest BCUT2D eigenvalue weighted by Gasteiger charge is 2.11. The molecule has 1 aromatic heterocycles. The van der Waals surface area contributed by atoms with Crippen molar-refractivity contribution in [2.75, 3.05) is 11.5 Å². The van der Waals surface area contributed by atoms with Gasteiger partial charge in [0.25, 0.3) is 0 Å². The van der Waals surface area contributed by atoms with E-state index in [2.05, 4.69) is 4.98 Å². The quantitative estimate of drug-likeness (QED) is 0.581. The highest BCUT2D eigenvalue weighted by atomic mass is 16.3. The van der Waals surface area contributed by atoms with Gasteiger partial charge >= 0.3 is 0 Å². The number of pyridine rings is 1. The summed E-state index contributed by atoms with van der Waals surface area (Å²) in [5.41, 5.74) is 15.1. The summed E-state index contributed by atoms with van der Waals surface area (Å²) >= 11 is 0. The summed E-state index contributed by atoms with van der Waals surface area (Å²) in [4.78, 5) is 4.20. The second-order valence-electron chi connectivity index (χ2n) is 4.95. The second kappa shape index (κ2) is 5.29. The molecule has 0 aliphatic carbocycles. The highest BCUT2D eigenvalue weighted by molar-refractivity contribution is 5.85. The van der Waals surface area contributed by atoms with Crippen molar-refractivity contribution in [3.05, 3.63) is 54.6 Å². The monoisotopic (exact) mass is 293 g/mol. The van der Waals surface area contributed by atoms with Gasteiger partial charge in [-0.15, -0.1) is 0 Å². The molecule has 0 unspecified atom stereocenters. The van der Waals surface area contributed by atoms with Crippen molar-refractivity contribution >= 4 is 11.6 Å². The van der Waals surface area contributed by atoms with Crippen molar-refractivity contribution < 1.29 is 10.2 Å². The van der Waals surface area contributed by atoms with Crippen molar-refractivity contribution in [2.45, 2.75) is 0 Å². The van der Waals surface area contributed by atoms with Gasteiger partial charge in [0.05, 0.1) is 0 Å². The van der Waals surface area contributed by atoms with E-state index in [1.165, 1.54) is 0 Å².